The summed E-state index contributed by atoms with van der Waals surface area (Å²) in [5.74, 6) is 1.26. The molecule has 1 fully saturated rings. The van der Waals surface area contributed by atoms with Gasteiger partial charge >= 0.3 is 6.03 Å². The van der Waals surface area contributed by atoms with Gasteiger partial charge in [0.05, 0.1) is 20.3 Å². The number of imide groups is 1. The third-order valence-electron chi connectivity index (χ3n) is 5.47. The molecule has 1 saturated heterocycles. The standard InChI is InChI=1S/C24H24N2O4/c1-4-30-20-10-5-16(6-11-20)15-26-22(27)24(2,25-23(26)28)19-9-7-18-14-21(29-3)12-8-17(18)13-19/h5-14H,4,15H2,1-3H3,(H,25,28). The molecular formula is C24H24N2O4. The summed E-state index contributed by atoms with van der Waals surface area (Å²) in [5.41, 5.74) is 0.487. The van der Waals surface area contributed by atoms with Crippen molar-refractivity contribution < 1.29 is 19.1 Å². The maximum absolute atomic E-state index is 13.2. The number of benzene rings is 3. The molecule has 154 valence electrons. The second-order valence-electron chi connectivity index (χ2n) is 7.45. The van der Waals surface area contributed by atoms with Crippen LogP contribution in [0.4, 0.5) is 4.79 Å². The summed E-state index contributed by atoms with van der Waals surface area (Å²) in [5, 5.41) is 4.85. The van der Waals surface area contributed by atoms with Crippen LogP contribution in [0.25, 0.3) is 10.8 Å². The largest absolute Gasteiger partial charge is 0.497 e. The van der Waals surface area contributed by atoms with E-state index in [1.807, 2.05) is 67.6 Å². The summed E-state index contributed by atoms with van der Waals surface area (Å²) < 4.78 is 10.7. The Kier molecular flexibility index (Phi) is 5.08. The van der Waals surface area contributed by atoms with Gasteiger partial charge in [-0.3, -0.25) is 9.69 Å². The van der Waals surface area contributed by atoms with Gasteiger partial charge in [-0.1, -0.05) is 30.3 Å². The second-order valence-corrected chi connectivity index (χ2v) is 7.45. The van der Waals surface area contributed by atoms with E-state index in [1.54, 1.807) is 14.0 Å². The molecule has 1 atom stereocenters. The summed E-state index contributed by atoms with van der Waals surface area (Å²) >= 11 is 0. The van der Waals surface area contributed by atoms with Gasteiger partial charge in [0, 0.05) is 0 Å². The SMILES string of the molecule is CCOc1ccc(CN2C(=O)NC(C)(c3ccc4cc(OC)ccc4c3)C2=O)cc1. The number of nitrogens with zero attached hydrogens (tertiary/aromatic N) is 1. The van der Waals surface area contributed by atoms with Gasteiger partial charge < -0.3 is 14.8 Å². The van der Waals surface area contributed by atoms with Crippen LogP contribution in [0.1, 0.15) is 25.0 Å². The average molecular weight is 404 g/mol. The van der Waals surface area contributed by atoms with E-state index in [0.29, 0.717) is 6.61 Å². The van der Waals surface area contributed by atoms with Gasteiger partial charge in [-0.2, -0.15) is 0 Å². The fourth-order valence-electron chi connectivity index (χ4n) is 3.74. The first-order valence-electron chi connectivity index (χ1n) is 9.88. The predicted octanol–water partition coefficient (Wildman–Crippen LogP) is 4.21. The predicted molar refractivity (Wildman–Crippen MR) is 115 cm³/mol. The van der Waals surface area contributed by atoms with Crippen LogP contribution >= 0.6 is 0 Å². The number of nitrogens with one attached hydrogen (secondary N) is 1. The lowest BCUT2D eigenvalue weighted by molar-refractivity contribution is -0.131. The van der Waals surface area contributed by atoms with Crippen LogP contribution in [0.2, 0.25) is 0 Å². The zero-order valence-electron chi connectivity index (χ0n) is 17.3. The minimum absolute atomic E-state index is 0.206. The first kappa shape index (κ1) is 19.8. The summed E-state index contributed by atoms with van der Waals surface area (Å²) in [6, 6.07) is 18.5. The molecule has 0 radical (unpaired) electrons. The molecule has 1 N–H and O–H groups in total. The van der Waals surface area contributed by atoms with E-state index >= 15 is 0 Å². The Morgan fingerprint density at radius 1 is 0.933 bits per heavy atom. The Bertz CT molecular complexity index is 1110. The van der Waals surface area contributed by atoms with Gasteiger partial charge in [-0.05, 0) is 66.1 Å². The highest BCUT2D eigenvalue weighted by molar-refractivity contribution is 6.07. The van der Waals surface area contributed by atoms with Crippen molar-refractivity contribution in [2.75, 3.05) is 13.7 Å². The molecule has 3 aromatic rings. The van der Waals surface area contributed by atoms with Crippen molar-refractivity contribution in [2.45, 2.75) is 25.9 Å². The molecular weight excluding hydrogens is 380 g/mol. The average Bonchev–Trinajstić information content (AvgIpc) is 2.98. The molecule has 30 heavy (non-hydrogen) atoms. The topological polar surface area (TPSA) is 67.9 Å². The van der Waals surface area contributed by atoms with Crippen molar-refractivity contribution >= 4 is 22.7 Å². The van der Waals surface area contributed by atoms with E-state index in [4.69, 9.17) is 9.47 Å². The molecule has 0 saturated carbocycles. The fourth-order valence-corrected chi connectivity index (χ4v) is 3.74. The minimum Gasteiger partial charge on any atom is -0.497 e. The molecule has 4 rings (SSSR count). The van der Waals surface area contributed by atoms with Crippen LogP contribution in [-0.2, 0) is 16.9 Å². The van der Waals surface area contributed by atoms with Crippen molar-refractivity contribution in [1.82, 2.24) is 10.2 Å². The van der Waals surface area contributed by atoms with Crippen LogP contribution in [0, 0.1) is 0 Å². The molecule has 0 bridgehead atoms. The van der Waals surface area contributed by atoms with Gasteiger partial charge in [0.15, 0.2) is 0 Å². The van der Waals surface area contributed by atoms with Crippen LogP contribution < -0.4 is 14.8 Å². The van der Waals surface area contributed by atoms with Crippen LogP contribution in [0.3, 0.4) is 0 Å². The molecule has 0 aliphatic carbocycles. The normalized spacial score (nSPS) is 18.6. The molecule has 1 unspecified atom stereocenters. The lowest BCUT2D eigenvalue weighted by Crippen LogP contribution is -2.40. The number of urea groups is 1. The van der Waals surface area contributed by atoms with E-state index in [-0.39, 0.29) is 12.5 Å². The maximum atomic E-state index is 13.2. The Morgan fingerprint density at radius 2 is 1.60 bits per heavy atom. The number of methoxy groups -OCH3 is 1. The van der Waals surface area contributed by atoms with E-state index in [9.17, 15) is 9.59 Å². The summed E-state index contributed by atoms with van der Waals surface area (Å²) in [7, 11) is 1.63. The van der Waals surface area contributed by atoms with Gasteiger partial charge in [0.1, 0.15) is 17.0 Å². The highest BCUT2D eigenvalue weighted by atomic mass is 16.5. The van der Waals surface area contributed by atoms with Crippen LogP contribution in [0.15, 0.2) is 60.7 Å². The second kappa shape index (κ2) is 7.71. The Balaban J connectivity index is 1.59. The molecule has 3 aromatic carbocycles. The molecule has 6 heteroatoms. The molecule has 3 amide bonds. The Morgan fingerprint density at radius 3 is 2.30 bits per heavy atom. The zero-order chi connectivity index (χ0) is 21.3. The Labute approximate surface area is 175 Å². The van der Waals surface area contributed by atoms with Gasteiger partial charge in [-0.25, -0.2) is 4.79 Å². The van der Waals surface area contributed by atoms with Gasteiger partial charge in [0.25, 0.3) is 5.91 Å². The third-order valence-corrected chi connectivity index (χ3v) is 5.47. The monoisotopic (exact) mass is 404 g/mol. The number of amides is 3. The minimum atomic E-state index is -1.11. The summed E-state index contributed by atoms with van der Waals surface area (Å²) in [6.07, 6.45) is 0. The zero-order valence-corrected chi connectivity index (χ0v) is 17.3. The van der Waals surface area contributed by atoms with Gasteiger partial charge in [-0.15, -0.1) is 0 Å². The van der Waals surface area contributed by atoms with Crippen molar-refractivity contribution in [3.8, 4) is 11.5 Å². The van der Waals surface area contributed by atoms with E-state index < -0.39 is 11.6 Å². The van der Waals surface area contributed by atoms with Crippen molar-refractivity contribution in [3.63, 3.8) is 0 Å². The Hall–Kier alpha value is -3.54. The van der Waals surface area contributed by atoms with E-state index in [0.717, 1.165) is 33.4 Å². The third kappa shape index (κ3) is 3.45. The quantitative estimate of drug-likeness (QED) is 0.625. The van der Waals surface area contributed by atoms with Gasteiger partial charge in [0.2, 0.25) is 0 Å². The number of carbonyl (C=O) groups is 2. The highest BCUT2D eigenvalue weighted by Crippen LogP contribution is 2.32. The highest BCUT2D eigenvalue weighted by Gasteiger charge is 2.48. The fraction of sp³-hybridized carbons (Fsp3) is 0.250. The summed E-state index contributed by atoms with van der Waals surface area (Å²) in [4.78, 5) is 27.2. The lowest BCUT2D eigenvalue weighted by atomic mass is 9.90. The molecule has 0 aromatic heterocycles. The molecule has 1 aliphatic heterocycles. The molecule has 0 spiro atoms. The van der Waals surface area contributed by atoms with Crippen LogP contribution in [-0.4, -0.2) is 30.6 Å². The smallest absolute Gasteiger partial charge is 0.325 e. The number of fused-ring (bicyclic) bond motifs is 1. The number of ether oxygens (including phenoxy) is 2. The number of carbonyl (C=O) groups excluding carboxylic acids is 2. The summed E-state index contributed by atoms with van der Waals surface area (Å²) in [6.45, 7) is 4.46. The first-order chi connectivity index (χ1) is 14.4. The number of hydrogen-bond acceptors (Lipinski definition) is 4. The first-order valence-corrected chi connectivity index (χ1v) is 9.88. The van der Waals surface area contributed by atoms with Crippen molar-refractivity contribution in [2.24, 2.45) is 0 Å². The van der Waals surface area contributed by atoms with E-state index in [2.05, 4.69) is 5.32 Å². The lowest BCUT2D eigenvalue weighted by Gasteiger charge is -2.23. The van der Waals surface area contributed by atoms with Crippen molar-refractivity contribution in [1.29, 1.82) is 0 Å². The van der Waals surface area contributed by atoms with E-state index in [1.165, 1.54) is 4.90 Å². The van der Waals surface area contributed by atoms with Crippen LogP contribution in [0.5, 0.6) is 11.5 Å². The molecule has 6 nitrogen and oxygen atoms in total. The maximum Gasteiger partial charge on any atom is 0.325 e. The van der Waals surface area contributed by atoms with Crippen molar-refractivity contribution in [3.05, 3.63) is 71.8 Å². The molecule has 1 heterocycles. The number of rotatable bonds is 6. The molecule has 1 aliphatic rings. The number of hydrogen-bond donors (Lipinski definition) is 1.